The first-order valence-electron chi connectivity index (χ1n) is 10.8. The number of fused-ring (bicyclic) bond motifs is 1. The standard InChI is InChI=1S/C27H20N4O3/c32-27(20-12-16-22(17-13-20)31(33)34)28-21-14-10-18(11-15-21)25-23-8-4-5-9-24(23)29-26(30-25)19-6-2-1-3-7-19/h1-17,23-24H,(H,28,32). The molecule has 1 amide bonds. The van der Waals surface area contributed by atoms with Crippen molar-refractivity contribution in [2.75, 3.05) is 5.32 Å². The molecular weight excluding hydrogens is 428 g/mol. The van der Waals surface area contributed by atoms with Gasteiger partial charge in [-0.1, -0.05) is 66.8 Å². The molecule has 0 radical (unpaired) electrons. The van der Waals surface area contributed by atoms with Crippen LogP contribution in [0.5, 0.6) is 0 Å². The number of non-ortho nitro benzene ring substituents is 1. The summed E-state index contributed by atoms with van der Waals surface area (Å²) in [5.74, 6) is 0.405. The SMILES string of the molecule is O=C(Nc1ccc(C2=NC(c3ccccc3)=NC3C=CC=CC23)cc1)c1ccc([N+](=O)[O-])cc1. The van der Waals surface area contributed by atoms with E-state index < -0.39 is 4.92 Å². The number of carbonyl (C=O) groups excluding carboxylic acids is 1. The van der Waals surface area contributed by atoms with Crippen molar-refractivity contribution in [3.8, 4) is 0 Å². The molecule has 3 aromatic rings. The van der Waals surface area contributed by atoms with Crippen LogP contribution in [0.1, 0.15) is 21.5 Å². The molecule has 5 rings (SSSR count). The van der Waals surface area contributed by atoms with Crippen molar-refractivity contribution in [3.05, 3.63) is 130 Å². The molecule has 1 heterocycles. The van der Waals surface area contributed by atoms with Gasteiger partial charge in [0.25, 0.3) is 11.6 Å². The number of aliphatic imine (C=N–C) groups is 2. The molecule has 1 aliphatic carbocycles. The number of amidine groups is 1. The molecular formula is C27H20N4O3. The molecule has 2 atom stereocenters. The summed E-state index contributed by atoms with van der Waals surface area (Å²) in [7, 11) is 0. The molecule has 1 aliphatic heterocycles. The molecule has 34 heavy (non-hydrogen) atoms. The number of hydrogen-bond donors (Lipinski definition) is 1. The highest BCUT2D eigenvalue weighted by Gasteiger charge is 2.29. The summed E-state index contributed by atoms with van der Waals surface area (Å²) in [5.41, 5.74) is 3.75. The number of nitro benzene ring substituents is 1. The van der Waals surface area contributed by atoms with Gasteiger partial charge in [0.15, 0.2) is 5.84 Å². The predicted molar refractivity (Wildman–Crippen MR) is 133 cm³/mol. The van der Waals surface area contributed by atoms with E-state index in [0.717, 1.165) is 16.8 Å². The Labute approximate surface area is 196 Å². The number of hydrogen-bond acceptors (Lipinski definition) is 5. The number of rotatable bonds is 5. The smallest absolute Gasteiger partial charge is 0.269 e. The summed E-state index contributed by atoms with van der Waals surface area (Å²) in [6.45, 7) is 0. The number of nitrogens with zero attached hydrogens (tertiary/aromatic N) is 3. The lowest BCUT2D eigenvalue weighted by Gasteiger charge is -2.27. The van der Waals surface area contributed by atoms with Crippen LogP contribution in [0.15, 0.2) is 113 Å². The van der Waals surface area contributed by atoms with Crippen LogP contribution in [0.2, 0.25) is 0 Å². The van der Waals surface area contributed by atoms with Crippen molar-refractivity contribution >= 4 is 28.8 Å². The maximum Gasteiger partial charge on any atom is 0.269 e. The van der Waals surface area contributed by atoms with E-state index in [0.29, 0.717) is 17.1 Å². The Bertz CT molecular complexity index is 1360. The third kappa shape index (κ3) is 4.31. The number of allylic oxidation sites excluding steroid dienone is 2. The van der Waals surface area contributed by atoms with Crippen LogP contribution < -0.4 is 5.32 Å². The van der Waals surface area contributed by atoms with Gasteiger partial charge in [-0.2, -0.15) is 0 Å². The minimum atomic E-state index is -0.496. The van der Waals surface area contributed by atoms with Gasteiger partial charge < -0.3 is 5.32 Å². The third-order valence-corrected chi connectivity index (χ3v) is 5.73. The average molecular weight is 448 g/mol. The predicted octanol–water partition coefficient (Wildman–Crippen LogP) is 5.21. The summed E-state index contributed by atoms with van der Waals surface area (Å²) >= 11 is 0. The third-order valence-electron chi connectivity index (χ3n) is 5.73. The lowest BCUT2D eigenvalue weighted by molar-refractivity contribution is -0.384. The van der Waals surface area contributed by atoms with Crippen LogP contribution in [0.4, 0.5) is 11.4 Å². The van der Waals surface area contributed by atoms with E-state index in [4.69, 9.17) is 9.98 Å². The van der Waals surface area contributed by atoms with E-state index in [1.807, 2.05) is 66.7 Å². The van der Waals surface area contributed by atoms with Crippen molar-refractivity contribution in [1.29, 1.82) is 0 Å². The van der Waals surface area contributed by atoms with Crippen molar-refractivity contribution in [2.45, 2.75) is 6.04 Å². The zero-order chi connectivity index (χ0) is 23.5. The number of carbonyl (C=O) groups is 1. The minimum absolute atomic E-state index is 0.0192. The van der Waals surface area contributed by atoms with Gasteiger partial charge in [-0.05, 0) is 29.8 Å². The summed E-state index contributed by atoms with van der Waals surface area (Å²) in [5, 5.41) is 13.6. The number of amides is 1. The van der Waals surface area contributed by atoms with Crippen molar-refractivity contribution in [2.24, 2.45) is 15.9 Å². The van der Waals surface area contributed by atoms with E-state index >= 15 is 0 Å². The highest BCUT2D eigenvalue weighted by molar-refractivity contribution is 6.16. The van der Waals surface area contributed by atoms with E-state index in [2.05, 4.69) is 17.5 Å². The topological polar surface area (TPSA) is 97.0 Å². The quantitative estimate of drug-likeness (QED) is 0.429. The zero-order valence-electron chi connectivity index (χ0n) is 18.0. The molecule has 0 aromatic heterocycles. The second-order valence-corrected chi connectivity index (χ2v) is 7.94. The molecule has 0 fully saturated rings. The Kier molecular flexibility index (Phi) is 5.66. The highest BCUT2D eigenvalue weighted by Crippen LogP contribution is 2.28. The summed E-state index contributed by atoms with van der Waals surface area (Å²) in [6, 6.07) is 22.9. The minimum Gasteiger partial charge on any atom is -0.322 e. The number of nitro groups is 1. The molecule has 0 saturated carbocycles. The molecule has 7 heteroatoms. The Hall–Kier alpha value is -4.65. The van der Waals surface area contributed by atoms with Gasteiger partial charge in [-0.3, -0.25) is 19.9 Å². The molecule has 1 N–H and O–H groups in total. The van der Waals surface area contributed by atoms with Gasteiger partial charge in [-0.25, -0.2) is 4.99 Å². The second-order valence-electron chi connectivity index (χ2n) is 7.94. The fourth-order valence-corrected chi connectivity index (χ4v) is 3.98. The van der Waals surface area contributed by atoms with Crippen molar-refractivity contribution in [1.82, 2.24) is 0 Å². The maximum absolute atomic E-state index is 12.5. The zero-order valence-corrected chi connectivity index (χ0v) is 18.0. The molecule has 0 spiro atoms. The van der Waals surface area contributed by atoms with Crippen LogP contribution in [-0.2, 0) is 0 Å². The first-order valence-corrected chi connectivity index (χ1v) is 10.8. The Morgan fingerprint density at radius 2 is 1.56 bits per heavy atom. The van der Waals surface area contributed by atoms with Crippen LogP contribution in [0, 0.1) is 16.0 Å². The molecule has 0 saturated heterocycles. The van der Waals surface area contributed by atoms with E-state index in [1.165, 1.54) is 24.3 Å². The fourth-order valence-electron chi connectivity index (χ4n) is 3.98. The van der Waals surface area contributed by atoms with Crippen LogP contribution in [-0.4, -0.2) is 28.4 Å². The van der Waals surface area contributed by atoms with E-state index in [1.54, 1.807) is 0 Å². The number of nitrogens with one attached hydrogen (secondary N) is 1. The van der Waals surface area contributed by atoms with Gasteiger partial charge in [0, 0.05) is 34.9 Å². The van der Waals surface area contributed by atoms with Crippen molar-refractivity contribution < 1.29 is 9.72 Å². The second kappa shape index (κ2) is 9.07. The van der Waals surface area contributed by atoms with Crippen LogP contribution >= 0.6 is 0 Å². The monoisotopic (exact) mass is 448 g/mol. The normalized spacial score (nSPS) is 18.5. The number of anilines is 1. The van der Waals surface area contributed by atoms with Crippen LogP contribution in [0.3, 0.4) is 0 Å². The summed E-state index contributed by atoms with van der Waals surface area (Å²) in [6.07, 6.45) is 8.21. The average Bonchev–Trinajstić information content (AvgIpc) is 2.89. The van der Waals surface area contributed by atoms with Gasteiger partial charge in [0.05, 0.1) is 16.7 Å². The molecule has 2 unspecified atom stereocenters. The molecule has 2 aliphatic rings. The van der Waals surface area contributed by atoms with E-state index in [-0.39, 0.29) is 23.6 Å². The number of benzene rings is 3. The lowest BCUT2D eigenvalue weighted by Crippen LogP contribution is -2.31. The first kappa shape index (κ1) is 21.2. The van der Waals surface area contributed by atoms with Crippen molar-refractivity contribution in [3.63, 3.8) is 0 Å². The maximum atomic E-state index is 12.5. The summed E-state index contributed by atoms with van der Waals surface area (Å²) < 4.78 is 0. The lowest BCUT2D eigenvalue weighted by atomic mass is 9.86. The fraction of sp³-hybridized carbons (Fsp3) is 0.0741. The Balaban J connectivity index is 1.38. The van der Waals surface area contributed by atoms with E-state index in [9.17, 15) is 14.9 Å². The molecule has 166 valence electrons. The molecule has 0 bridgehead atoms. The van der Waals surface area contributed by atoms with Crippen LogP contribution in [0.25, 0.3) is 0 Å². The highest BCUT2D eigenvalue weighted by atomic mass is 16.6. The van der Waals surface area contributed by atoms with Gasteiger partial charge in [0.2, 0.25) is 0 Å². The molecule has 3 aromatic carbocycles. The van der Waals surface area contributed by atoms with Gasteiger partial charge in [-0.15, -0.1) is 0 Å². The molecule has 7 nitrogen and oxygen atoms in total. The Morgan fingerprint density at radius 1 is 0.853 bits per heavy atom. The Morgan fingerprint density at radius 3 is 2.26 bits per heavy atom. The largest absolute Gasteiger partial charge is 0.322 e. The van der Waals surface area contributed by atoms with Gasteiger partial charge in [0.1, 0.15) is 0 Å². The van der Waals surface area contributed by atoms with Gasteiger partial charge >= 0.3 is 0 Å². The first-order chi connectivity index (χ1) is 16.6. The summed E-state index contributed by atoms with van der Waals surface area (Å²) in [4.78, 5) is 32.6.